The Hall–Kier alpha value is -1.86. The van der Waals surface area contributed by atoms with E-state index in [1.54, 1.807) is 28.6 Å². The van der Waals surface area contributed by atoms with E-state index < -0.39 is 0 Å². The minimum Gasteiger partial charge on any atom is -0.372 e. The van der Waals surface area contributed by atoms with Crippen molar-refractivity contribution >= 4 is 23.5 Å². The van der Waals surface area contributed by atoms with E-state index in [9.17, 15) is 9.18 Å². The molecule has 1 aliphatic rings. The van der Waals surface area contributed by atoms with Crippen molar-refractivity contribution in [2.75, 3.05) is 18.5 Å². The standard InChI is InChI=1S/C15H16FN3O2S/c1-2-21-7-14(20)17-15-12-8-22-9-13(12)18-19(15)11-5-3-10(16)4-6-11/h3-6H,2,7-9H2,1H3,(H,17,20). The third-order valence-corrected chi connectivity index (χ3v) is 4.29. The summed E-state index contributed by atoms with van der Waals surface area (Å²) < 4.78 is 19.9. The molecule has 0 bridgehead atoms. The maximum Gasteiger partial charge on any atom is 0.251 e. The van der Waals surface area contributed by atoms with Crippen molar-refractivity contribution in [1.29, 1.82) is 0 Å². The van der Waals surface area contributed by atoms with E-state index in [0.717, 1.165) is 22.8 Å². The summed E-state index contributed by atoms with van der Waals surface area (Å²) in [6.45, 7) is 2.33. The number of amides is 1. The lowest BCUT2D eigenvalue weighted by Gasteiger charge is -2.11. The van der Waals surface area contributed by atoms with Crippen molar-refractivity contribution in [3.8, 4) is 5.69 Å². The normalized spacial score (nSPS) is 13.2. The largest absolute Gasteiger partial charge is 0.372 e. The summed E-state index contributed by atoms with van der Waals surface area (Å²) in [6, 6.07) is 6.04. The highest BCUT2D eigenvalue weighted by atomic mass is 32.2. The van der Waals surface area contributed by atoms with Crippen LogP contribution in [-0.2, 0) is 21.0 Å². The van der Waals surface area contributed by atoms with Crippen molar-refractivity contribution in [1.82, 2.24) is 9.78 Å². The number of halogens is 1. The molecule has 1 amide bonds. The molecule has 0 spiro atoms. The first kappa shape index (κ1) is 15.1. The number of nitrogens with zero attached hydrogens (tertiary/aromatic N) is 2. The number of hydrogen-bond donors (Lipinski definition) is 1. The van der Waals surface area contributed by atoms with Crippen molar-refractivity contribution in [3.05, 3.63) is 41.3 Å². The van der Waals surface area contributed by atoms with Gasteiger partial charge in [-0.05, 0) is 31.2 Å². The smallest absolute Gasteiger partial charge is 0.251 e. The molecule has 2 heterocycles. The van der Waals surface area contributed by atoms with Gasteiger partial charge < -0.3 is 10.1 Å². The van der Waals surface area contributed by atoms with Crippen molar-refractivity contribution in [3.63, 3.8) is 0 Å². The summed E-state index contributed by atoms with van der Waals surface area (Å²) in [5.41, 5.74) is 2.70. The van der Waals surface area contributed by atoms with Gasteiger partial charge in [-0.25, -0.2) is 9.07 Å². The van der Waals surface area contributed by atoms with Crippen LogP contribution in [0.25, 0.3) is 5.69 Å². The summed E-state index contributed by atoms with van der Waals surface area (Å²) in [6.07, 6.45) is 0. The van der Waals surface area contributed by atoms with Crippen LogP contribution in [0.3, 0.4) is 0 Å². The number of fused-ring (bicyclic) bond motifs is 1. The van der Waals surface area contributed by atoms with Gasteiger partial charge in [-0.2, -0.15) is 16.9 Å². The van der Waals surface area contributed by atoms with Gasteiger partial charge in [-0.1, -0.05) is 0 Å². The first-order valence-corrected chi connectivity index (χ1v) is 8.16. The highest BCUT2D eigenvalue weighted by Crippen LogP contribution is 2.36. The number of aromatic nitrogens is 2. The highest BCUT2D eigenvalue weighted by molar-refractivity contribution is 7.98. The SMILES string of the molecule is CCOCC(=O)Nc1c2c(nn1-c1ccc(F)cc1)CSC2. The molecule has 0 unspecified atom stereocenters. The quantitative estimate of drug-likeness (QED) is 0.920. The van der Waals surface area contributed by atoms with E-state index in [1.807, 2.05) is 6.92 Å². The van der Waals surface area contributed by atoms with Crippen LogP contribution in [-0.4, -0.2) is 28.9 Å². The van der Waals surface area contributed by atoms with Gasteiger partial charge in [0.05, 0.1) is 11.4 Å². The van der Waals surface area contributed by atoms with Gasteiger partial charge in [0.15, 0.2) is 0 Å². The molecule has 0 saturated carbocycles. The molecule has 5 nitrogen and oxygen atoms in total. The maximum atomic E-state index is 13.1. The van der Waals surface area contributed by atoms with Crippen molar-refractivity contribution in [2.45, 2.75) is 18.4 Å². The molecule has 0 fully saturated rings. The fourth-order valence-corrected chi connectivity index (χ4v) is 3.31. The molecular weight excluding hydrogens is 305 g/mol. The Morgan fingerprint density at radius 2 is 2.18 bits per heavy atom. The van der Waals surface area contributed by atoms with E-state index in [1.165, 1.54) is 12.1 Å². The van der Waals surface area contributed by atoms with Gasteiger partial charge in [0.1, 0.15) is 18.2 Å². The molecule has 0 radical (unpaired) electrons. The molecule has 0 saturated heterocycles. The number of nitrogens with one attached hydrogen (secondary N) is 1. The van der Waals surface area contributed by atoms with Gasteiger partial charge >= 0.3 is 0 Å². The fourth-order valence-electron chi connectivity index (χ4n) is 2.27. The van der Waals surface area contributed by atoms with Crippen LogP contribution in [0, 0.1) is 5.82 Å². The Morgan fingerprint density at radius 3 is 2.91 bits per heavy atom. The summed E-state index contributed by atoms with van der Waals surface area (Å²) in [5, 5.41) is 7.41. The predicted octanol–water partition coefficient (Wildman–Crippen LogP) is 2.73. The molecule has 1 aromatic carbocycles. The van der Waals surface area contributed by atoms with Crippen LogP contribution in [0.15, 0.2) is 24.3 Å². The lowest BCUT2D eigenvalue weighted by molar-refractivity contribution is -0.120. The zero-order valence-electron chi connectivity index (χ0n) is 12.1. The molecule has 1 aliphatic heterocycles. The monoisotopic (exact) mass is 321 g/mol. The number of rotatable bonds is 5. The molecule has 0 atom stereocenters. The first-order chi connectivity index (χ1) is 10.7. The number of anilines is 1. The zero-order chi connectivity index (χ0) is 15.5. The second kappa shape index (κ2) is 6.50. The van der Waals surface area contributed by atoms with Gasteiger partial charge in [0, 0.05) is 23.7 Å². The predicted molar refractivity (Wildman–Crippen MR) is 83.6 cm³/mol. The van der Waals surface area contributed by atoms with Gasteiger partial charge in [0.25, 0.3) is 5.91 Å². The van der Waals surface area contributed by atoms with E-state index in [-0.39, 0.29) is 18.3 Å². The Balaban J connectivity index is 1.93. The minimum absolute atomic E-state index is 0.00696. The Kier molecular flexibility index (Phi) is 4.44. The maximum absolute atomic E-state index is 13.1. The Bertz CT molecular complexity index is 685. The van der Waals surface area contributed by atoms with Crippen LogP contribution >= 0.6 is 11.8 Å². The van der Waals surface area contributed by atoms with Crippen LogP contribution in [0.1, 0.15) is 18.2 Å². The molecule has 116 valence electrons. The van der Waals surface area contributed by atoms with Crippen molar-refractivity contribution < 1.29 is 13.9 Å². The Morgan fingerprint density at radius 1 is 1.41 bits per heavy atom. The first-order valence-electron chi connectivity index (χ1n) is 7.01. The summed E-state index contributed by atoms with van der Waals surface area (Å²) in [4.78, 5) is 12.0. The second-order valence-corrected chi connectivity index (χ2v) is 5.83. The fraction of sp³-hybridized carbons (Fsp3) is 0.333. The molecule has 3 rings (SSSR count). The van der Waals surface area contributed by atoms with E-state index in [0.29, 0.717) is 18.1 Å². The van der Waals surface area contributed by atoms with Gasteiger partial charge in [-0.3, -0.25) is 4.79 Å². The lowest BCUT2D eigenvalue weighted by atomic mass is 10.2. The number of benzene rings is 1. The third kappa shape index (κ3) is 3.00. The summed E-state index contributed by atoms with van der Waals surface area (Å²) >= 11 is 1.76. The number of hydrogen-bond acceptors (Lipinski definition) is 4. The molecular formula is C15H16FN3O2S. The number of carbonyl (C=O) groups excluding carboxylic acids is 1. The van der Waals surface area contributed by atoms with E-state index >= 15 is 0 Å². The molecule has 1 aromatic heterocycles. The molecule has 7 heteroatoms. The van der Waals surface area contributed by atoms with E-state index in [4.69, 9.17) is 4.74 Å². The zero-order valence-corrected chi connectivity index (χ0v) is 13.0. The van der Waals surface area contributed by atoms with Crippen LogP contribution in [0.4, 0.5) is 10.2 Å². The van der Waals surface area contributed by atoms with Crippen molar-refractivity contribution in [2.24, 2.45) is 0 Å². The number of ether oxygens (including phenoxy) is 1. The topological polar surface area (TPSA) is 56.1 Å². The van der Waals surface area contributed by atoms with Crippen LogP contribution in [0.5, 0.6) is 0 Å². The number of thioether (sulfide) groups is 1. The molecule has 22 heavy (non-hydrogen) atoms. The molecule has 1 N–H and O–H groups in total. The third-order valence-electron chi connectivity index (χ3n) is 3.32. The van der Waals surface area contributed by atoms with Crippen LogP contribution < -0.4 is 5.32 Å². The summed E-state index contributed by atoms with van der Waals surface area (Å²) in [7, 11) is 0. The van der Waals surface area contributed by atoms with Gasteiger partial charge in [-0.15, -0.1) is 0 Å². The molecule has 0 aliphatic carbocycles. The van der Waals surface area contributed by atoms with E-state index in [2.05, 4.69) is 10.4 Å². The molecule has 2 aromatic rings. The Labute approximate surface area is 131 Å². The van der Waals surface area contributed by atoms with Gasteiger partial charge in [0.2, 0.25) is 0 Å². The lowest BCUT2D eigenvalue weighted by Crippen LogP contribution is -2.21. The minimum atomic E-state index is -0.305. The van der Waals surface area contributed by atoms with Crippen LogP contribution in [0.2, 0.25) is 0 Å². The average molecular weight is 321 g/mol. The summed E-state index contributed by atoms with van der Waals surface area (Å²) in [5.74, 6) is 1.75. The highest BCUT2D eigenvalue weighted by Gasteiger charge is 2.24. The second-order valence-electron chi connectivity index (χ2n) is 4.84. The average Bonchev–Trinajstić information content (AvgIpc) is 3.09. The number of carbonyl (C=O) groups is 1.